The maximum Gasteiger partial charge on any atom is 0.202 e. The first-order valence-corrected chi connectivity index (χ1v) is 16.4. The summed E-state index contributed by atoms with van der Waals surface area (Å²) in [5.74, 6) is -3.77. The van der Waals surface area contributed by atoms with E-state index in [9.17, 15) is 39.9 Å². The molecule has 15 nitrogen and oxygen atoms in total. The van der Waals surface area contributed by atoms with Gasteiger partial charge in [-0.3, -0.25) is 14.4 Å². The monoisotopic (exact) mass is 693 g/mol. The number of aliphatic hydroxyl groups excluding tert-OH is 2. The van der Waals surface area contributed by atoms with Gasteiger partial charge in [0.15, 0.2) is 17.9 Å². The number of phenolic OH excluding ortho intramolecular Hbond substituents is 2. The summed E-state index contributed by atoms with van der Waals surface area (Å²) in [7, 11) is 1.33. The molecule has 7 rings (SSSR count). The van der Waals surface area contributed by atoms with Crippen molar-refractivity contribution in [2.75, 3.05) is 33.4 Å². The molecule has 50 heavy (non-hydrogen) atoms. The average molecular weight is 694 g/mol. The van der Waals surface area contributed by atoms with Gasteiger partial charge in [0.05, 0.1) is 61.3 Å². The van der Waals surface area contributed by atoms with Crippen molar-refractivity contribution in [1.29, 1.82) is 0 Å². The van der Waals surface area contributed by atoms with Gasteiger partial charge < -0.3 is 49.0 Å². The van der Waals surface area contributed by atoms with Crippen LogP contribution in [-0.2, 0) is 25.4 Å². The molecule has 3 aromatic rings. The predicted molar refractivity (Wildman–Crippen MR) is 172 cm³/mol. The minimum atomic E-state index is -2.27. The fraction of sp³-hybridized carbons (Fsp3) is 0.457. The Morgan fingerprint density at radius 3 is 2.54 bits per heavy atom. The van der Waals surface area contributed by atoms with Crippen molar-refractivity contribution in [3.05, 3.63) is 76.1 Å². The quantitative estimate of drug-likeness (QED) is 0.142. The number of hydrogen-bond donors (Lipinski definition) is 6. The predicted octanol–water partition coefficient (Wildman–Crippen LogP) is 0.880. The zero-order valence-electron chi connectivity index (χ0n) is 27.4. The topological polar surface area (TPSA) is 209 Å². The largest absolute Gasteiger partial charge is 0.507 e. The summed E-state index contributed by atoms with van der Waals surface area (Å²) in [5, 5.41) is 57.7. The second-order valence-corrected chi connectivity index (χ2v) is 13.1. The van der Waals surface area contributed by atoms with E-state index in [1.165, 1.54) is 25.3 Å². The van der Waals surface area contributed by atoms with Gasteiger partial charge in [0, 0.05) is 54.9 Å². The highest BCUT2D eigenvalue weighted by Crippen LogP contribution is 2.52. The summed E-state index contributed by atoms with van der Waals surface area (Å²) in [6.07, 6.45) is -1.59. The van der Waals surface area contributed by atoms with E-state index >= 15 is 0 Å². The third-order valence-electron chi connectivity index (χ3n) is 10.1. The van der Waals surface area contributed by atoms with Crippen molar-refractivity contribution < 1.29 is 58.9 Å². The third-order valence-corrected chi connectivity index (χ3v) is 10.1. The Morgan fingerprint density at radius 2 is 1.82 bits per heavy atom. The zero-order chi connectivity index (χ0) is 35.5. The fourth-order valence-electron chi connectivity index (χ4n) is 7.55. The standard InChI is InChI=1S/C35H39N3O12/c1-17-30(41)20(36-38-10-11-48-24(15-38)37-8-3-4-9-37)12-25(49-17)50-22-14-35(46,23(40)16-39)13-19-27(22)34(45)29-28(32(19)43)31(42)18-6-5-7-21(47-2)26(18)33(29)44/h3-9,17,20,22,24-25,30,36,39,41,43,45-46H,10-16H2,1-2H3/t17?,20?,22-,24?,25?,30?,35-/m0/s1. The normalized spacial score (nSPS) is 29.6. The molecule has 0 saturated carbocycles. The molecule has 0 amide bonds. The van der Waals surface area contributed by atoms with Gasteiger partial charge in [0.1, 0.15) is 35.7 Å². The fourth-order valence-corrected chi connectivity index (χ4v) is 7.55. The van der Waals surface area contributed by atoms with Crippen molar-refractivity contribution in [2.45, 2.75) is 68.7 Å². The van der Waals surface area contributed by atoms with Crippen LogP contribution in [0.25, 0.3) is 0 Å². The molecule has 15 heteroatoms. The second kappa shape index (κ2) is 13.2. The first kappa shape index (κ1) is 34.3. The van der Waals surface area contributed by atoms with Crippen molar-refractivity contribution in [1.82, 2.24) is 15.0 Å². The number of ketones is 3. The maximum absolute atomic E-state index is 13.9. The number of carbonyl (C=O) groups is 3. The van der Waals surface area contributed by atoms with Crippen LogP contribution < -0.4 is 10.2 Å². The van der Waals surface area contributed by atoms with E-state index in [1.54, 1.807) is 6.92 Å². The molecule has 7 atom stereocenters. The summed E-state index contributed by atoms with van der Waals surface area (Å²) in [4.78, 5) is 40.6. The third kappa shape index (κ3) is 5.69. The van der Waals surface area contributed by atoms with Crippen LogP contribution in [0.5, 0.6) is 17.2 Å². The number of nitrogens with one attached hydrogen (secondary N) is 1. The SMILES string of the molecule is COc1cccc2c1C(=O)c1c(O)c3c(c(O)c1C2=O)C[C@@](O)(C(=O)CO)C[C@@H]3OC1CC(NN2CCOC(n3cccc3)C2)C(O)C(C)O1. The minimum Gasteiger partial charge on any atom is -0.507 e. The maximum atomic E-state index is 13.9. The highest BCUT2D eigenvalue weighted by atomic mass is 16.7. The molecule has 6 N–H and O–H groups in total. The molecule has 2 aromatic carbocycles. The molecule has 0 bridgehead atoms. The van der Waals surface area contributed by atoms with Crippen LogP contribution in [0.4, 0.5) is 0 Å². The van der Waals surface area contributed by atoms with Crippen LogP contribution in [0, 0.1) is 0 Å². The molecule has 4 aliphatic rings. The molecule has 2 aliphatic carbocycles. The number of aromatic nitrogens is 1. The zero-order valence-corrected chi connectivity index (χ0v) is 27.4. The molecule has 2 saturated heterocycles. The molecule has 5 unspecified atom stereocenters. The van der Waals surface area contributed by atoms with Crippen LogP contribution in [0.1, 0.15) is 75.1 Å². The van der Waals surface area contributed by atoms with Crippen molar-refractivity contribution >= 4 is 17.3 Å². The lowest BCUT2D eigenvalue weighted by Crippen LogP contribution is -2.60. The van der Waals surface area contributed by atoms with E-state index in [0.29, 0.717) is 19.7 Å². The van der Waals surface area contributed by atoms with Gasteiger partial charge in [0.25, 0.3) is 0 Å². The number of methoxy groups -OCH3 is 1. The Balaban J connectivity index is 1.22. The molecule has 2 fully saturated rings. The van der Waals surface area contributed by atoms with E-state index in [1.807, 2.05) is 34.1 Å². The summed E-state index contributed by atoms with van der Waals surface area (Å²) < 4.78 is 25.5. The Hall–Kier alpha value is -4.19. The van der Waals surface area contributed by atoms with Gasteiger partial charge in [-0.2, -0.15) is 0 Å². The minimum absolute atomic E-state index is 0.0524. The lowest BCUT2D eigenvalue weighted by Gasteiger charge is -2.44. The number of ether oxygens (including phenoxy) is 4. The number of fused-ring (bicyclic) bond motifs is 3. The van der Waals surface area contributed by atoms with Gasteiger partial charge in [-0.1, -0.05) is 12.1 Å². The molecule has 1 aromatic heterocycles. The number of phenols is 2. The van der Waals surface area contributed by atoms with Crippen LogP contribution in [0.2, 0.25) is 0 Å². The number of benzene rings is 2. The van der Waals surface area contributed by atoms with Gasteiger partial charge in [-0.05, 0) is 25.1 Å². The molecule has 0 radical (unpaired) electrons. The number of hydrogen-bond acceptors (Lipinski definition) is 14. The first-order valence-electron chi connectivity index (χ1n) is 16.4. The highest BCUT2D eigenvalue weighted by molar-refractivity contribution is 6.31. The van der Waals surface area contributed by atoms with E-state index < -0.39 is 95.7 Å². The van der Waals surface area contributed by atoms with Gasteiger partial charge >= 0.3 is 0 Å². The Kier molecular flexibility index (Phi) is 9.03. The number of morpholine rings is 1. The Bertz CT molecular complexity index is 1830. The summed E-state index contributed by atoms with van der Waals surface area (Å²) >= 11 is 0. The molecule has 3 heterocycles. The number of carbonyl (C=O) groups excluding carboxylic acids is 3. The summed E-state index contributed by atoms with van der Waals surface area (Å²) in [5.41, 5.74) is -0.283. The Labute approximate surface area is 286 Å². The molecule has 266 valence electrons. The van der Waals surface area contributed by atoms with Crippen molar-refractivity contribution in [3.63, 3.8) is 0 Å². The number of aromatic hydroxyl groups is 2. The van der Waals surface area contributed by atoms with E-state index in [2.05, 4.69) is 5.43 Å². The number of rotatable bonds is 8. The van der Waals surface area contributed by atoms with E-state index in [0.717, 1.165) is 0 Å². The van der Waals surface area contributed by atoms with Crippen LogP contribution in [0.15, 0.2) is 42.7 Å². The van der Waals surface area contributed by atoms with Gasteiger partial charge in [-0.25, -0.2) is 10.4 Å². The van der Waals surface area contributed by atoms with E-state index in [4.69, 9.17) is 18.9 Å². The number of Topliss-reactive ketones (excluding diaryl/α,β-unsaturated/α-hetero) is 1. The van der Waals surface area contributed by atoms with Crippen molar-refractivity contribution in [3.8, 4) is 17.2 Å². The lowest BCUT2D eigenvalue weighted by molar-refractivity contribution is -0.254. The molecule has 0 spiro atoms. The number of nitrogens with zero attached hydrogens (tertiary/aromatic N) is 2. The van der Waals surface area contributed by atoms with Crippen molar-refractivity contribution in [2.24, 2.45) is 0 Å². The van der Waals surface area contributed by atoms with Gasteiger partial charge in [0.2, 0.25) is 5.78 Å². The number of aliphatic hydroxyl groups is 3. The summed E-state index contributed by atoms with van der Waals surface area (Å²) in [6, 6.07) is 7.62. The van der Waals surface area contributed by atoms with Crippen LogP contribution in [-0.4, -0.2) is 116 Å². The molecular formula is C35H39N3O12. The van der Waals surface area contributed by atoms with E-state index in [-0.39, 0.29) is 40.7 Å². The van der Waals surface area contributed by atoms with Gasteiger partial charge in [-0.15, -0.1) is 0 Å². The smallest absolute Gasteiger partial charge is 0.202 e. The van der Waals surface area contributed by atoms with Crippen LogP contribution in [0.3, 0.4) is 0 Å². The first-order chi connectivity index (χ1) is 23.9. The summed E-state index contributed by atoms with van der Waals surface area (Å²) in [6.45, 7) is 2.08. The molecule has 2 aliphatic heterocycles. The Morgan fingerprint density at radius 1 is 1.08 bits per heavy atom. The number of hydrazine groups is 1. The molecular weight excluding hydrogens is 654 g/mol. The lowest BCUT2D eigenvalue weighted by atomic mass is 9.72. The van der Waals surface area contributed by atoms with Crippen LogP contribution >= 0.6 is 0 Å². The highest BCUT2D eigenvalue weighted by Gasteiger charge is 2.50. The average Bonchev–Trinajstić information content (AvgIpc) is 3.65. The second-order valence-electron chi connectivity index (χ2n) is 13.1.